The predicted molar refractivity (Wildman–Crippen MR) is 134 cm³/mol. The van der Waals surface area contributed by atoms with Crippen LogP contribution in [0.4, 0.5) is 5.69 Å². The molecule has 1 N–H and O–H groups in total. The van der Waals surface area contributed by atoms with Gasteiger partial charge in [-0.25, -0.2) is 9.98 Å². The van der Waals surface area contributed by atoms with Crippen LogP contribution >= 0.6 is 0 Å². The Morgan fingerprint density at radius 1 is 1.09 bits per heavy atom. The molecule has 0 radical (unpaired) electrons. The highest BCUT2D eigenvalue weighted by Crippen LogP contribution is 2.24. The summed E-state index contributed by atoms with van der Waals surface area (Å²) in [6.07, 6.45) is 2.17. The predicted octanol–water partition coefficient (Wildman–Crippen LogP) is 4.17. The van der Waals surface area contributed by atoms with Crippen molar-refractivity contribution in [3.63, 3.8) is 0 Å². The van der Waals surface area contributed by atoms with E-state index in [9.17, 15) is 19.7 Å². The average molecular weight is 474 g/mol. The number of nitro groups is 1. The van der Waals surface area contributed by atoms with Gasteiger partial charge in [-0.1, -0.05) is 39.0 Å². The van der Waals surface area contributed by atoms with Crippen molar-refractivity contribution in [3.8, 4) is 0 Å². The zero-order valence-electron chi connectivity index (χ0n) is 20.2. The summed E-state index contributed by atoms with van der Waals surface area (Å²) in [5.41, 5.74) is 3.87. The van der Waals surface area contributed by atoms with Crippen LogP contribution in [0.15, 0.2) is 64.2 Å². The van der Waals surface area contributed by atoms with Crippen molar-refractivity contribution in [2.45, 2.75) is 39.5 Å². The summed E-state index contributed by atoms with van der Waals surface area (Å²) in [6, 6.07) is 11.9. The lowest BCUT2D eigenvalue weighted by Gasteiger charge is -2.27. The van der Waals surface area contributed by atoms with Crippen molar-refractivity contribution in [1.29, 1.82) is 0 Å². The number of aliphatic imine (C=N–C) groups is 2. The fourth-order valence-electron chi connectivity index (χ4n) is 3.93. The molecule has 0 spiro atoms. The molecule has 0 aromatic heterocycles. The lowest BCUT2D eigenvalue weighted by Crippen LogP contribution is -2.37. The first-order chi connectivity index (χ1) is 16.5. The van der Waals surface area contributed by atoms with E-state index < -0.39 is 4.92 Å². The van der Waals surface area contributed by atoms with E-state index >= 15 is 0 Å². The van der Waals surface area contributed by atoms with E-state index in [1.54, 1.807) is 37.4 Å². The molecule has 2 aromatic carbocycles. The summed E-state index contributed by atoms with van der Waals surface area (Å²) < 4.78 is 0. The van der Waals surface area contributed by atoms with E-state index in [0.717, 1.165) is 16.8 Å². The van der Waals surface area contributed by atoms with Crippen LogP contribution in [-0.4, -0.2) is 46.4 Å². The number of guanidine groups is 1. The number of nitrogens with one attached hydrogen (secondary N) is 1. The van der Waals surface area contributed by atoms with Gasteiger partial charge in [-0.15, -0.1) is 0 Å². The second-order valence-corrected chi connectivity index (χ2v) is 9.64. The van der Waals surface area contributed by atoms with Crippen LogP contribution in [0.1, 0.15) is 59.0 Å². The number of fused-ring (bicyclic) bond motifs is 1. The number of aryl methyl sites for hydroxylation is 1. The molecule has 35 heavy (non-hydrogen) atoms. The summed E-state index contributed by atoms with van der Waals surface area (Å²) >= 11 is 0. The highest BCUT2D eigenvalue weighted by molar-refractivity contribution is 6.14. The number of hydrogen-bond acceptors (Lipinski definition) is 6. The van der Waals surface area contributed by atoms with Crippen LogP contribution in [-0.2, 0) is 5.41 Å². The normalized spacial score (nSPS) is 15.4. The van der Waals surface area contributed by atoms with Crippen molar-refractivity contribution in [2.75, 3.05) is 13.1 Å². The fraction of sp³-hybridized carbons (Fsp3) is 0.308. The Bertz CT molecular complexity index is 1300. The number of amides is 2. The van der Waals surface area contributed by atoms with Crippen LogP contribution < -0.4 is 5.32 Å². The van der Waals surface area contributed by atoms with Gasteiger partial charge in [0.15, 0.2) is 0 Å². The monoisotopic (exact) mass is 473 g/mol. The Balaban J connectivity index is 1.44. The Hall–Kier alpha value is -4.14. The molecule has 9 heteroatoms. The first-order valence-corrected chi connectivity index (χ1v) is 11.3. The molecule has 0 atom stereocenters. The molecule has 2 aliphatic heterocycles. The molecule has 2 amide bonds. The van der Waals surface area contributed by atoms with Crippen LogP contribution in [0.2, 0.25) is 0 Å². The van der Waals surface area contributed by atoms with Crippen molar-refractivity contribution in [3.05, 3.63) is 86.6 Å². The average Bonchev–Trinajstić information content (AvgIpc) is 2.83. The molecular weight excluding hydrogens is 446 g/mol. The van der Waals surface area contributed by atoms with Crippen LogP contribution in [0.3, 0.4) is 0 Å². The zero-order chi connectivity index (χ0) is 25.3. The highest BCUT2D eigenvalue weighted by atomic mass is 16.6. The van der Waals surface area contributed by atoms with E-state index in [1.807, 2.05) is 12.1 Å². The van der Waals surface area contributed by atoms with Gasteiger partial charge in [0.2, 0.25) is 5.96 Å². The number of nitro benzene ring substituents is 1. The molecule has 0 saturated heterocycles. The Labute approximate surface area is 203 Å². The molecule has 4 rings (SSSR count). The van der Waals surface area contributed by atoms with Crippen molar-refractivity contribution >= 4 is 29.2 Å². The van der Waals surface area contributed by atoms with E-state index in [-0.39, 0.29) is 41.0 Å². The molecular formula is C26H27N5O4. The molecule has 2 aliphatic rings. The number of carbonyl (C=O) groups excluding carboxylic acids is 2. The van der Waals surface area contributed by atoms with Crippen LogP contribution in [0.5, 0.6) is 0 Å². The smallest absolute Gasteiger partial charge is 0.273 e. The fourth-order valence-corrected chi connectivity index (χ4v) is 3.93. The van der Waals surface area contributed by atoms with E-state index in [4.69, 9.17) is 0 Å². The van der Waals surface area contributed by atoms with Gasteiger partial charge in [0.05, 0.1) is 17.2 Å². The maximum atomic E-state index is 12.9. The third-order valence-electron chi connectivity index (χ3n) is 6.06. The number of carbonyl (C=O) groups is 2. The van der Waals surface area contributed by atoms with Gasteiger partial charge < -0.3 is 4.90 Å². The summed E-state index contributed by atoms with van der Waals surface area (Å²) in [6.45, 7) is 8.62. The third kappa shape index (κ3) is 5.18. The molecule has 2 heterocycles. The Kier molecular flexibility index (Phi) is 6.34. The van der Waals surface area contributed by atoms with Crippen LogP contribution in [0, 0.1) is 17.0 Å². The van der Waals surface area contributed by atoms with Gasteiger partial charge in [-0.2, -0.15) is 0 Å². The molecule has 0 saturated carbocycles. The second kappa shape index (κ2) is 9.25. The largest absolute Gasteiger partial charge is 0.314 e. The first-order valence-electron chi connectivity index (χ1n) is 11.3. The molecule has 9 nitrogen and oxygen atoms in total. The summed E-state index contributed by atoms with van der Waals surface area (Å²) in [5.74, 6) is -0.355. The van der Waals surface area contributed by atoms with Gasteiger partial charge in [0.1, 0.15) is 0 Å². The summed E-state index contributed by atoms with van der Waals surface area (Å²) in [4.78, 5) is 46.7. The number of benzene rings is 2. The van der Waals surface area contributed by atoms with E-state index in [0.29, 0.717) is 24.1 Å². The summed E-state index contributed by atoms with van der Waals surface area (Å²) in [5, 5.41) is 14.0. The molecule has 0 fully saturated rings. The Morgan fingerprint density at radius 3 is 2.43 bits per heavy atom. The maximum absolute atomic E-state index is 12.9. The third-order valence-corrected chi connectivity index (χ3v) is 6.06. The number of rotatable bonds is 3. The van der Waals surface area contributed by atoms with Gasteiger partial charge in [0, 0.05) is 47.5 Å². The molecule has 180 valence electrons. The second-order valence-electron chi connectivity index (χ2n) is 9.64. The quantitative estimate of drug-likeness (QED) is 0.532. The zero-order valence-corrected chi connectivity index (χ0v) is 20.2. The first kappa shape index (κ1) is 24.0. The summed E-state index contributed by atoms with van der Waals surface area (Å²) in [7, 11) is 0. The minimum absolute atomic E-state index is 0.00158. The number of nitrogens with zero attached hydrogens (tertiary/aromatic N) is 4. The standard InChI is InChI=1S/C26H27N5O4/c1-16-5-6-18(13-22(16)31(34)35)24(33)30-12-11-21-19(15-30)14-27-25(28-21)29-23(32)17-7-9-20(10-8-17)26(2,3)4/h5-10,13,15H,11-12,14H2,1-4H3,(H,27,29,32). The Morgan fingerprint density at radius 2 is 1.77 bits per heavy atom. The molecule has 0 aliphatic carbocycles. The maximum Gasteiger partial charge on any atom is 0.273 e. The van der Waals surface area contributed by atoms with Gasteiger partial charge in [0.25, 0.3) is 17.5 Å². The number of hydrogen-bond donors (Lipinski definition) is 1. The SMILES string of the molecule is Cc1ccc(C(=O)N2C=C3CN=C(NC(=O)c4ccc(C(C)(C)C)cc4)N=C3CC2)cc1[N+](=O)[O-]. The van der Waals surface area contributed by atoms with E-state index in [1.165, 1.54) is 11.0 Å². The highest BCUT2D eigenvalue weighted by Gasteiger charge is 2.26. The van der Waals surface area contributed by atoms with Crippen molar-refractivity contribution < 1.29 is 14.5 Å². The minimum atomic E-state index is -0.490. The molecule has 2 aromatic rings. The van der Waals surface area contributed by atoms with Gasteiger partial charge in [-0.3, -0.25) is 25.0 Å². The molecule has 0 bridgehead atoms. The minimum Gasteiger partial charge on any atom is -0.314 e. The van der Waals surface area contributed by atoms with Gasteiger partial charge >= 0.3 is 0 Å². The van der Waals surface area contributed by atoms with Crippen molar-refractivity contribution in [2.24, 2.45) is 9.98 Å². The topological polar surface area (TPSA) is 117 Å². The molecule has 0 unspecified atom stereocenters. The van der Waals surface area contributed by atoms with Gasteiger partial charge in [-0.05, 0) is 36.1 Å². The lowest BCUT2D eigenvalue weighted by atomic mass is 9.87. The van der Waals surface area contributed by atoms with Crippen molar-refractivity contribution in [1.82, 2.24) is 10.2 Å². The van der Waals surface area contributed by atoms with E-state index in [2.05, 4.69) is 36.1 Å². The van der Waals surface area contributed by atoms with Crippen LogP contribution in [0.25, 0.3) is 0 Å². The lowest BCUT2D eigenvalue weighted by molar-refractivity contribution is -0.385.